The van der Waals surface area contributed by atoms with Crippen molar-refractivity contribution in [3.63, 3.8) is 0 Å². The van der Waals surface area contributed by atoms with Gasteiger partial charge >= 0.3 is 0 Å². The molecule has 0 heterocycles. The largest absolute Gasteiger partial charge is 0.494 e. The Kier molecular flexibility index (Phi) is 3.07. The van der Waals surface area contributed by atoms with E-state index in [9.17, 15) is 4.39 Å². The van der Waals surface area contributed by atoms with Crippen molar-refractivity contribution in [1.82, 2.24) is 0 Å². The average molecular weight is 213 g/mol. The summed E-state index contributed by atoms with van der Waals surface area (Å²) < 4.78 is 23.8. The topological polar surface area (TPSA) is 44.5 Å². The highest BCUT2D eigenvalue weighted by molar-refractivity contribution is 5.56. The van der Waals surface area contributed by atoms with Gasteiger partial charge in [0, 0.05) is 12.1 Å². The number of halogens is 1. The number of nitrogens with two attached hydrogens (primary N) is 1. The van der Waals surface area contributed by atoms with E-state index >= 15 is 0 Å². The third-order valence-electron chi connectivity index (χ3n) is 1.70. The lowest BCUT2D eigenvalue weighted by Crippen LogP contribution is -2.23. The normalized spacial score (nSPS) is 11.3. The van der Waals surface area contributed by atoms with Crippen LogP contribution in [-0.4, -0.2) is 12.7 Å². The summed E-state index contributed by atoms with van der Waals surface area (Å²) in [7, 11) is 1.48. The van der Waals surface area contributed by atoms with Crippen molar-refractivity contribution in [2.24, 2.45) is 0 Å². The van der Waals surface area contributed by atoms with E-state index in [0.29, 0.717) is 5.75 Å². The highest BCUT2D eigenvalue weighted by atomic mass is 19.1. The Balaban J connectivity index is 3.08. The minimum atomic E-state index is -0.483. The third kappa shape index (κ3) is 3.01. The van der Waals surface area contributed by atoms with Crippen LogP contribution in [0.5, 0.6) is 11.5 Å². The molecule has 84 valence electrons. The Morgan fingerprint density at radius 3 is 2.27 bits per heavy atom. The molecule has 0 aliphatic heterocycles. The fourth-order valence-corrected chi connectivity index (χ4v) is 1.13. The van der Waals surface area contributed by atoms with E-state index in [0.717, 1.165) is 0 Å². The molecule has 0 saturated heterocycles. The SMILES string of the molecule is COc1cc(OC(C)(C)C)c(F)cc1N. The lowest BCUT2D eigenvalue weighted by molar-refractivity contribution is 0.124. The molecule has 1 rings (SSSR count). The van der Waals surface area contributed by atoms with Gasteiger partial charge in [0.2, 0.25) is 0 Å². The molecule has 0 atom stereocenters. The van der Waals surface area contributed by atoms with Crippen LogP contribution in [0.3, 0.4) is 0 Å². The molecule has 0 aliphatic rings. The van der Waals surface area contributed by atoms with E-state index < -0.39 is 11.4 Å². The zero-order chi connectivity index (χ0) is 11.6. The molecule has 0 unspecified atom stereocenters. The molecule has 1 aromatic carbocycles. The Hall–Kier alpha value is -1.45. The fraction of sp³-hybridized carbons (Fsp3) is 0.455. The van der Waals surface area contributed by atoms with Gasteiger partial charge in [-0.05, 0) is 20.8 Å². The zero-order valence-corrected chi connectivity index (χ0v) is 9.43. The van der Waals surface area contributed by atoms with Crippen LogP contribution in [-0.2, 0) is 0 Å². The number of nitrogen functional groups attached to an aromatic ring is 1. The van der Waals surface area contributed by atoms with Gasteiger partial charge in [0.1, 0.15) is 11.4 Å². The predicted octanol–water partition coefficient (Wildman–Crippen LogP) is 2.59. The predicted molar refractivity (Wildman–Crippen MR) is 57.7 cm³/mol. The van der Waals surface area contributed by atoms with Gasteiger partial charge in [0.15, 0.2) is 11.6 Å². The molecule has 0 aliphatic carbocycles. The van der Waals surface area contributed by atoms with E-state index in [-0.39, 0.29) is 11.4 Å². The molecule has 0 radical (unpaired) electrons. The van der Waals surface area contributed by atoms with Crippen molar-refractivity contribution in [3.05, 3.63) is 17.9 Å². The molecule has 15 heavy (non-hydrogen) atoms. The lowest BCUT2D eigenvalue weighted by atomic mass is 10.2. The van der Waals surface area contributed by atoms with Crippen LogP contribution in [0.25, 0.3) is 0 Å². The minimum Gasteiger partial charge on any atom is -0.494 e. The molecule has 4 heteroatoms. The number of anilines is 1. The summed E-state index contributed by atoms with van der Waals surface area (Å²) in [6.45, 7) is 5.53. The van der Waals surface area contributed by atoms with Crippen LogP contribution in [0.1, 0.15) is 20.8 Å². The zero-order valence-electron chi connectivity index (χ0n) is 9.43. The molecular weight excluding hydrogens is 197 g/mol. The Bertz CT molecular complexity index is 358. The van der Waals surface area contributed by atoms with Crippen LogP contribution in [0, 0.1) is 5.82 Å². The average Bonchev–Trinajstić information content (AvgIpc) is 2.07. The van der Waals surface area contributed by atoms with Crippen molar-refractivity contribution < 1.29 is 13.9 Å². The summed E-state index contributed by atoms with van der Waals surface area (Å²) in [4.78, 5) is 0. The smallest absolute Gasteiger partial charge is 0.167 e. The molecule has 1 aromatic rings. The van der Waals surface area contributed by atoms with E-state index in [1.165, 1.54) is 19.2 Å². The van der Waals surface area contributed by atoms with Crippen LogP contribution < -0.4 is 15.2 Å². The lowest BCUT2D eigenvalue weighted by Gasteiger charge is -2.22. The molecule has 2 N–H and O–H groups in total. The van der Waals surface area contributed by atoms with Gasteiger partial charge in [-0.2, -0.15) is 0 Å². The van der Waals surface area contributed by atoms with Crippen molar-refractivity contribution in [2.45, 2.75) is 26.4 Å². The van der Waals surface area contributed by atoms with E-state index in [1.807, 2.05) is 20.8 Å². The van der Waals surface area contributed by atoms with Crippen LogP contribution in [0.2, 0.25) is 0 Å². The fourth-order valence-electron chi connectivity index (χ4n) is 1.13. The van der Waals surface area contributed by atoms with Crippen molar-refractivity contribution >= 4 is 5.69 Å². The van der Waals surface area contributed by atoms with Crippen molar-refractivity contribution in [2.75, 3.05) is 12.8 Å². The summed E-state index contributed by atoms with van der Waals surface area (Å²) in [5.74, 6) is 0.0763. The van der Waals surface area contributed by atoms with Gasteiger partial charge in [-0.1, -0.05) is 0 Å². The number of hydrogen-bond donors (Lipinski definition) is 1. The Morgan fingerprint density at radius 2 is 1.80 bits per heavy atom. The first kappa shape index (κ1) is 11.6. The highest BCUT2D eigenvalue weighted by Crippen LogP contribution is 2.31. The Morgan fingerprint density at radius 1 is 1.20 bits per heavy atom. The highest BCUT2D eigenvalue weighted by Gasteiger charge is 2.16. The molecular formula is C11H16FNO2. The molecule has 0 saturated carbocycles. The quantitative estimate of drug-likeness (QED) is 0.768. The minimum absolute atomic E-state index is 0.147. The number of methoxy groups -OCH3 is 1. The summed E-state index contributed by atoms with van der Waals surface area (Å²) in [6.07, 6.45) is 0. The number of rotatable bonds is 2. The second-order valence-corrected chi connectivity index (χ2v) is 4.24. The third-order valence-corrected chi connectivity index (χ3v) is 1.70. The van der Waals surface area contributed by atoms with Gasteiger partial charge in [-0.15, -0.1) is 0 Å². The maximum atomic E-state index is 13.4. The van der Waals surface area contributed by atoms with Crippen molar-refractivity contribution in [3.8, 4) is 11.5 Å². The van der Waals surface area contributed by atoms with Crippen LogP contribution in [0.15, 0.2) is 12.1 Å². The van der Waals surface area contributed by atoms with Crippen LogP contribution >= 0.6 is 0 Å². The van der Waals surface area contributed by atoms with Gasteiger partial charge in [-0.25, -0.2) is 4.39 Å². The number of hydrogen-bond acceptors (Lipinski definition) is 3. The first-order chi connectivity index (χ1) is 6.83. The van der Waals surface area contributed by atoms with Crippen LogP contribution in [0.4, 0.5) is 10.1 Å². The monoisotopic (exact) mass is 213 g/mol. The summed E-state index contributed by atoms with van der Waals surface area (Å²) >= 11 is 0. The second kappa shape index (κ2) is 3.96. The molecule has 3 nitrogen and oxygen atoms in total. The van der Waals surface area contributed by atoms with Gasteiger partial charge in [0.05, 0.1) is 12.8 Å². The number of ether oxygens (including phenoxy) is 2. The van der Waals surface area contributed by atoms with E-state index in [4.69, 9.17) is 15.2 Å². The first-order valence-electron chi connectivity index (χ1n) is 4.65. The van der Waals surface area contributed by atoms with Crippen molar-refractivity contribution in [1.29, 1.82) is 0 Å². The molecule has 0 fully saturated rings. The summed E-state index contributed by atoms with van der Waals surface area (Å²) in [6, 6.07) is 2.65. The molecule has 0 bridgehead atoms. The van der Waals surface area contributed by atoms with E-state index in [1.54, 1.807) is 0 Å². The molecule has 0 aromatic heterocycles. The van der Waals surface area contributed by atoms with E-state index in [2.05, 4.69) is 0 Å². The molecule has 0 amide bonds. The maximum Gasteiger partial charge on any atom is 0.167 e. The van der Waals surface area contributed by atoms with Gasteiger partial charge in [0.25, 0.3) is 0 Å². The van der Waals surface area contributed by atoms with Gasteiger partial charge < -0.3 is 15.2 Å². The van der Waals surface area contributed by atoms with Gasteiger partial charge in [-0.3, -0.25) is 0 Å². The second-order valence-electron chi connectivity index (χ2n) is 4.24. The number of benzene rings is 1. The standard InChI is InChI=1S/C11H16FNO2/c1-11(2,3)15-9-6-10(14-4)8(13)5-7(9)12/h5-6H,13H2,1-4H3. The summed E-state index contributed by atoms with van der Waals surface area (Å²) in [5.41, 5.74) is 5.35. The molecule has 0 spiro atoms. The first-order valence-corrected chi connectivity index (χ1v) is 4.65. The maximum absolute atomic E-state index is 13.4. The summed E-state index contributed by atoms with van der Waals surface area (Å²) in [5, 5.41) is 0. The Labute approximate surface area is 89.0 Å².